The summed E-state index contributed by atoms with van der Waals surface area (Å²) in [5, 5.41) is 9.75. The summed E-state index contributed by atoms with van der Waals surface area (Å²) in [6.07, 6.45) is 2.04. The van der Waals surface area contributed by atoms with Crippen molar-refractivity contribution >= 4 is 26.9 Å². The number of rotatable bonds is 6. The first-order valence-corrected chi connectivity index (χ1v) is 10.2. The Morgan fingerprint density at radius 3 is 2.62 bits per heavy atom. The van der Waals surface area contributed by atoms with E-state index < -0.39 is 16.0 Å². The number of carbonyl (C=O) groups is 1. The largest absolute Gasteiger partial charge is 0.481 e. The molecule has 8 heteroatoms. The third-order valence-corrected chi connectivity index (χ3v) is 6.15. The molecule has 0 spiro atoms. The number of carboxylic acid groups (broad SMARTS) is 1. The summed E-state index contributed by atoms with van der Waals surface area (Å²) < 4.78 is 33.4. The van der Waals surface area contributed by atoms with Gasteiger partial charge in [-0.3, -0.25) is 4.79 Å². The summed E-state index contributed by atoms with van der Waals surface area (Å²) in [7, 11) is -3.67. The molecule has 26 heavy (non-hydrogen) atoms. The second-order valence-corrected chi connectivity index (χ2v) is 8.16. The van der Waals surface area contributed by atoms with Crippen LogP contribution in [0.2, 0.25) is 0 Å². The minimum Gasteiger partial charge on any atom is -0.481 e. The van der Waals surface area contributed by atoms with E-state index in [9.17, 15) is 13.2 Å². The number of nitrogens with zero attached hydrogens (tertiary/aromatic N) is 1. The van der Waals surface area contributed by atoms with Crippen molar-refractivity contribution in [1.29, 1.82) is 0 Å². The van der Waals surface area contributed by atoms with E-state index in [2.05, 4.69) is 9.71 Å². The van der Waals surface area contributed by atoms with Gasteiger partial charge in [0.2, 0.25) is 15.9 Å². The molecule has 1 saturated carbocycles. The van der Waals surface area contributed by atoms with Gasteiger partial charge in [0, 0.05) is 17.5 Å². The van der Waals surface area contributed by atoms with Gasteiger partial charge in [-0.1, -0.05) is 0 Å². The van der Waals surface area contributed by atoms with Crippen molar-refractivity contribution in [2.45, 2.75) is 43.5 Å². The number of hydrogen-bond acceptors (Lipinski definition) is 5. The number of aromatic nitrogens is 1. The van der Waals surface area contributed by atoms with Crippen molar-refractivity contribution in [1.82, 2.24) is 9.71 Å². The second kappa shape index (κ2) is 7.59. The van der Waals surface area contributed by atoms with Gasteiger partial charge in [-0.05, 0) is 56.9 Å². The van der Waals surface area contributed by atoms with Gasteiger partial charge in [-0.25, -0.2) is 18.1 Å². The lowest BCUT2D eigenvalue weighted by Gasteiger charge is -2.26. The highest BCUT2D eigenvalue weighted by Gasteiger charge is 2.28. The fraction of sp³-hybridized carbons (Fsp3) is 0.444. The Kier molecular flexibility index (Phi) is 5.43. The van der Waals surface area contributed by atoms with E-state index in [-0.39, 0.29) is 16.9 Å². The lowest BCUT2D eigenvalue weighted by atomic mass is 9.87. The van der Waals surface area contributed by atoms with Gasteiger partial charge in [-0.15, -0.1) is 0 Å². The van der Waals surface area contributed by atoms with Gasteiger partial charge in [0.1, 0.15) is 0 Å². The molecular weight excluding hydrogens is 356 g/mol. The van der Waals surface area contributed by atoms with E-state index >= 15 is 0 Å². The highest BCUT2D eigenvalue weighted by atomic mass is 32.2. The van der Waals surface area contributed by atoms with E-state index in [0.717, 1.165) is 0 Å². The lowest BCUT2D eigenvalue weighted by Crippen LogP contribution is -2.38. The quantitative estimate of drug-likeness (QED) is 0.800. The van der Waals surface area contributed by atoms with Gasteiger partial charge < -0.3 is 9.84 Å². The van der Waals surface area contributed by atoms with Crippen LogP contribution >= 0.6 is 0 Å². The van der Waals surface area contributed by atoms with Gasteiger partial charge in [0.25, 0.3) is 0 Å². The highest BCUT2D eigenvalue weighted by molar-refractivity contribution is 7.89. The van der Waals surface area contributed by atoms with Gasteiger partial charge >= 0.3 is 5.97 Å². The summed E-state index contributed by atoms with van der Waals surface area (Å²) in [6.45, 7) is 2.39. The van der Waals surface area contributed by atoms with Crippen LogP contribution in [-0.2, 0) is 14.8 Å². The Balaban J connectivity index is 1.75. The summed E-state index contributed by atoms with van der Waals surface area (Å²) in [6, 6.07) is 8.03. The zero-order chi connectivity index (χ0) is 18.7. The van der Waals surface area contributed by atoms with Crippen LogP contribution in [-0.4, -0.2) is 37.1 Å². The van der Waals surface area contributed by atoms with E-state index in [0.29, 0.717) is 49.1 Å². The molecule has 0 unspecified atom stereocenters. The molecule has 0 bridgehead atoms. The molecule has 1 aromatic carbocycles. The predicted octanol–water partition coefficient (Wildman–Crippen LogP) is 2.56. The molecule has 2 aromatic rings. The normalized spacial score (nSPS) is 20.8. The highest BCUT2D eigenvalue weighted by Crippen LogP contribution is 2.26. The number of fused-ring (bicyclic) bond motifs is 1. The third-order valence-electron chi connectivity index (χ3n) is 4.64. The zero-order valence-corrected chi connectivity index (χ0v) is 15.3. The molecule has 1 aliphatic carbocycles. The molecule has 0 atom stereocenters. The SMILES string of the molecule is CCOc1ccc2cc(S(=O)(=O)NC3CCC(C(=O)O)CC3)ccc2n1. The molecule has 140 valence electrons. The molecular formula is C18H22N2O5S. The summed E-state index contributed by atoms with van der Waals surface area (Å²) >= 11 is 0. The average molecular weight is 378 g/mol. The number of nitrogens with one attached hydrogen (secondary N) is 1. The van der Waals surface area contributed by atoms with Crippen molar-refractivity contribution in [2.75, 3.05) is 6.61 Å². The molecule has 1 aliphatic rings. The maximum absolute atomic E-state index is 12.7. The molecule has 2 N–H and O–H groups in total. The summed E-state index contributed by atoms with van der Waals surface area (Å²) in [4.78, 5) is 15.5. The van der Waals surface area contributed by atoms with Crippen molar-refractivity contribution in [3.8, 4) is 5.88 Å². The smallest absolute Gasteiger partial charge is 0.306 e. The average Bonchev–Trinajstić information content (AvgIpc) is 2.61. The second-order valence-electron chi connectivity index (χ2n) is 6.45. The molecule has 1 aromatic heterocycles. The van der Waals surface area contributed by atoms with E-state index in [1.54, 1.807) is 24.3 Å². The molecule has 1 heterocycles. The molecule has 0 amide bonds. The third kappa shape index (κ3) is 4.13. The molecule has 3 rings (SSSR count). The Morgan fingerprint density at radius 1 is 1.23 bits per heavy atom. The minimum absolute atomic E-state index is 0.177. The van der Waals surface area contributed by atoms with Gasteiger partial charge in [-0.2, -0.15) is 0 Å². The number of ether oxygens (including phenoxy) is 1. The van der Waals surface area contributed by atoms with Crippen LogP contribution in [0.1, 0.15) is 32.6 Å². The first-order chi connectivity index (χ1) is 12.4. The Morgan fingerprint density at radius 2 is 1.96 bits per heavy atom. The monoisotopic (exact) mass is 378 g/mol. The molecule has 7 nitrogen and oxygen atoms in total. The number of hydrogen-bond donors (Lipinski definition) is 2. The molecule has 0 aliphatic heterocycles. The van der Waals surface area contributed by atoms with Crippen molar-refractivity contribution in [3.05, 3.63) is 30.3 Å². The van der Waals surface area contributed by atoms with Crippen LogP contribution in [0.5, 0.6) is 5.88 Å². The first-order valence-electron chi connectivity index (χ1n) is 8.68. The zero-order valence-electron chi connectivity index (χ0n) is 14.5. The van der Waals surface area contributed by atoms with Gasteiger partial charge in [0.05, 0.1) is 22.9 Å². The molecule has 0 radical (unpaired) electrons. The van der Waals surface area contributed by atoms with Crippen LogP contribution < -0.4 is 9.46 Å². The Labute approximate surface area is 152 Å². The van der Waals surface area contributed by atoms with E-state index in [1.807, 2.05) is 6.92 Å². The first kappa shape index (κ1) is 18.6. The Hall–Kier alpha value is -2.19. The number of sulfonamides is 1. The van der Waals surface area contributed by atoms with E-state index in [4.69, 9.17) is 9.84 Å². The number of pyridine rings is 1. The summed E-state index contributed by atoms with van der Waals surface area (Å²) in [5.74, 6) is -0.675. The standard InChI is InChI=1S/C18H22N2O5S/c1-2-25-17-10-5-13-11-15(8-9-16(13)19-17)26(23,24)20-14-6-3-12(4-7-14)18(21)22/h5,8-12,14,20H,2-4,6-7H2,1H3,(H,21,22). The summed E-state index contributed by atoms with van der Waals surface area (Å²) in [5.41, 5.74) is 0.664. The minimum atomic E-state index is -3.67. The van der Waals surface area contributed by atoms with Gasteiger partial charge in [0.15, 0.2) is 0 Å². The number of aliphatic carboxylic acids is 1. The van der Waals surface area contributed by atoms with Crippen LogP contribution in [0.15, 0.2) is 35.2 Å². The lowest BCUT2D eigenvalue weighted by molar-refractivity contribution is -0.142. The predicted molar refractivity (Wildman–Crippen MR) is 96.6 cm³/mol. The van der Waals surface area contributed by atoms with Crippen molar-refractivity contribution < 1.29 is 23.1 Å². The molecule has 1 fully saturated rings. The molecule has 0 saturated heterocycles. The Bertz CT molecular complexity index is 905. The van der Waals surface area contributed by atoms with Crippen LogP contribution in [0.3, 0.4) is 0 Å². The van der Waals surface area contributed by atoms with Crippen LogP contribution in [0.4, 0.5) is 0 Å². The topological polar surface area (TPSA) is 106 Å². The van der Waals surface area contributed by atoms with Crippen molar-refractivity contribution in [2.24, 2.45) is 5.92 Å². The van der Waals surface area contributed by atoms with Crippen LogP contribution in [0, 0.1) is 5.92 Å². The number of benzene rings is 1. The fourth-order valence-electron chi connectivity index (χ4n) is 3.23. The van der Waals surface area contributed by atoms with E-state index in [1.165, 1.54) is 6.07 Å². The van der Waals surface area contributed by atoms with Crippen LogP contribution in [0.25, 0.3) is 10.9 Å². The van der Waals surface area contributed by atoms with Crippen molar-refractivity contribution in [3.63, 3.8) is 0 Å². The maximum Gasteiger partial charge on any atom is 0.306 e. The fourth-order valence-corrected chi connectivity index (χ4v) is 4.57. The maximum atomic E-state index is 12.7. The number of carboxylic acids is 1.